The Morgan fingerprint density at radius 3 is 2.19 bits per heavy atom. The van der Waals surface area contributed by atoms with E-state index in [4.69, 9.17) is 4.74 Å². The molecule has 0 saturated carbocycles. The summed E-state index contributed by atoms with van der Waals surface area (Å²) in [7, 11) is -2.56. The molecule has 0 bridgehead atoms. The second-order valence-corrected chi connectivity index (χ2v) is 7.09. The lowest BCUT2D eigenvalue weighted by atomic mass is 10.0. The number of aliphatic hydroxyl groups excluding tert-OH is 2. The summed E-state index contributed by atoms with van der Waals surface area (Å²) in [6.45, 7) is -0.673. The van der Waals surface area contributed by atoms with Crippen LogP contribution < -0.4 is 9.46 Å². The van der Waals surface area contributed by atoms with Gasteiger partial charge in [-0.25, -0.2) is 13.1 Å². The molecule has 0 fully saturated rings. The maximum Gasteiger partial charge on any atom is 0.269 e. The SMILES string of the molecule is COc1ccc(S(=O)(=O)N[C@@H](CO)[C@@H](O)c2ccc([N+](=O)[O-])cc2)cc1. The van der Waals surface area contributed by atoms with E-state index in [0.717, 1.165) is 0 Å². The van der Waals surface area contributed by atoms with Crippen molar-refractivity contribution in [1.29, 1.82) is 0 Å². The van der Waals surface area contributed by atoms with E-state index in [1.54, 1.807) is 0 Å². The molecule has 2 aromatic carbocycles. The van der Waals surface area contributed by atoms with Crippen LogP contribution in [0.4, 0.5) is 5.69 Å². The number of benzene rings is 2. The van der Waals surface area contributed by atoms with E-state index < -0.39 is 33.7 Å². The minimum atomic E-state index is -4.00. The number of hydrogen-bond donors (Lipinski definition) is 3. The normalized spacial score (nSPS) is 13.8. The fraction of sp³-hybridized carbons (Fsp3) is 0.250. The third-order valence-electron chi connectivity index (χ3n) is 3.70. The second-order valence-electron chi connectivity index (χ2n) is 5.38. The monoisotopic (exact) mass is 382 g/mol. The van der Waals surface area contributed by atoms with Gasteiger partial charge in [-0.05, 0) is 42.0 Å². The number of methoxy groups -OCH3 is 1. The molecular formula is C16H18N2O7S. The lowest BCUT2D eigenvalue weighted by Gasteiger charge is -2.22. The largest absolute Gasteiger partial charge is 0.497 e. The first-order valence-electron chi connectivity index (χ1n) is 7.48. The molecule has 0 aromatic heterocycles. The van der Waals surface area contributed by atoms with Gasteiger partial charge in [0.25, 0.3) is 5.69 Å². The molecule has 0 aliphatic carbocycles. The molecule has 10 heteroatoms. The third-order valence-corrected chi connectivity index (χ3v) is 5.21. The molecule has 0 spiro atoms. The minimum Gasteiger partial charge on any atom is -0.497 e. The minimum absolute atomic E-state index is 0.0624. The number of nitro groups is 1. The van der Waals surface area contributed by atoms with Gasteiger partial charge >= 0.3 is 0 Å². The molecule has 3 N–H and O–H groups in total. The first-order valence-corrected chi connectivity index (χ1v) is 8.96. The van der Waals surface area contributed by atoms with Crippen LogP contribution in [-0.4, -0.2) is 43.3 Å². The van der Waals surface area contributed by atoms with Crippen LogP contribution in [-0.2, 0) is 10.0 Å². The van der Waals surface area contributed by atoms with Gasteiger partial charge in [-0.3, -0.25) is 10.1 Å². The Hall–Kier alpha value is -2.53. The molecule has 0 saturated heterocycles. The van der Waals surface area contributed by atoms with Crippen molar-refractivity contribution in [3.63, 3.8) is 0 Å². The molecular weight excluding hydrogens is 364 g/mol. The summed E-state index contributed by atoms with van der Waals surface area (Å²) in [5.41, 5.74) is 0.0624. The topological polar surface area (TPSA) is 139 Å². The quantitative estimate of drug-likeness (QED) is 0.457. The number of ether oxygens (including phenoxy) is 1. The summed E-state index contributed by atoms with van der Waals surface area (Å²) in [4.78, 5) is 10.0. The van der Waals surface area contributed by atoms with E-state index >= 15 is 0 Å². The summed E-state index contributed by atoms with van der Waals surface area (Å²) in [6.07, 6.45) is -1.39. The summed E-state index contributed by atoms with van der Waals surface area (Å²) < 4.78 is 32.0. The highest BCUT2D eigenvalue weighted by atomic mass is 32.2. The maximum absolute atomic E-state index is 12.4. The Morgan fingerprint density at radius 2 is 1.73 bits per heavy atom. The van der Waals surface area contributed by atoms with Gasteiger partial charge in [-0.15, -0.1) is 0 Å². The standard InChI is InChI=1S/C16H18N2O7S/c1-25-13-6-8-14(9-7-13)26(23,24)17-15(10-19)16(20)11-2-4-12(5-3-11)18(21)22/h2-9,15-17,19-20H,10H2,1H3/t15-,16-/m0/s1. The van der Waals surface area contributed by atoms with Crippen molar-refractivity contribution in [2.24, 2.45) is 0 Å². The van der Waals surface area contributed by atoms with Crippen molar-refractivity contribution in [3.8, 4) is 5.75 Å². The average molecular weight is 382 g/mol. The Balaban J connectivity index is 2.19. The van der Waals surface area contributed by atoms with Crippen LogP contribution in [0, 0.1) is 10.1 Å². The first kappa shape index (κ1) is 19.8. The van der Waals surface area contributed by atoms with Crippen LogP contribution in [0.5, 0.6) is 5.75 Å². The summed E-state index contributed by atoms with van der Waals surface area (Å²) in [6, 6.07) is 9.33. The number of nitrogens with zero attached hydrogens (tertiary/aromatic N) is 1. The van der Waals surface area contributed by atoms with Crippen molar-refractivity contribution < 1.29 is 28.3 Å². The fourth-order valence-corrected chi connectivity index (χ4v) is 3.48. The molecule has 140 valence electrons. The zero-order valence-corrected chi connectivity index (χ0v) is 14.6. The molecule has 0 radical (unpaired) electrons. The summed E-state index contributed by atoms with van der Waals surface area (Å²) in [5, 5.41) is 30.5. The van der Waals surface area contributed by atoms with E-state index in [1.165, 1.54) is 55.6 Å². The zero-order valence-electron chi connectivity index (χ0n) is 13.8. The Kier molecular flexibility index (Phi) is 6.27. The average Bonchev–Trinajstić information content (AvgIpc) is 2.65. The molecule has 2 aromatic rings. The van der Waals surface area contributed by atoms with Gasteiger partial charge in [0.2, 0.25) is 10.0 Å². The Morgan fingerprint density at radius 1 is 1.15 bits per heavy atom. The molecule has 0 aliphatic rings. The van der Waals surface area contributed by atoms with Gasteiger partial charge in [0.05, 0.1) is 35.7 Å². The van der Waals surface area contributed by atoms with Crippen molar-refractivity contribution in [3.05, 3.63) is 64.2 Å². The highest BCUT2D eigenvalue weighted by Crippen LogP contribution is 2.22. The molecule has 0 amide bonds. The smallest absolute Gasteiger partial charge is 0.269 e. The first-order chi connectivity index (χ1) is 12.3. The van der Waals surface area contributed by atoms with E-state index in [9.17, 15) is 28.7 Å². The molecule has 0 aliphatic heterocycles. The molecule has 2 atom stereocenters. The van der Waals surface area contributed by atoms with E-state index in [1.807, 2.05) is 0 Å². The number of hydrogen-bond acceptors (Lipinski definition) is 7. The van der Waals surface area contributed by atoms with Crippen molar-refractivity contribution in [2.45, 2.75) is 17.0 Å². The number of nitrogens with one attached hydrogen (secondary N) is 1. The van der Waals surface area contributed by atoms with Gasteiger partial charge in [0, 0.05) is 12.1 Å². The zero-order chi connectivity index (χ0) is 19.3. The molecule has 2 rings (SSSR count). The summed E-state index contributed by atoms with van der Waals surface area (Å²) >= 11 is 0. The molecule has 0 unspecified atom stereocenters. The molecule has 9 nitrogen and oxygen atoms in total. The van der Waals surface area contributed by atoms with Gasteiger partial charge in [-0.1, -0.05) is 0 Å². The highest BCUT2D eigenvalue weighted by Gasteiger charge is 2.27. The number of rotatable bonds is 8. The van der Waals surface area contributed by atoms with Crippen LogP contribution in [0.15, 0.2) is 53.4 Å². The highest BCUT2D eigenvalue weighted by molar-refractivity contribution is 7.89. The van der Waals surface area contributed by atoms with Crippen molar-refractivity contribution in [1.82, 2.24) is 4.72 Å². The van der Waals surface area contributed by atoms with Crippen LogP contribution in [0.25, 0.3) is 0 Å². The van der Waals surface area contributed by atoms with Crippen molar-refractivity contribution >= 4 is 15.7 Å². The van der Waals surface area contributed by atoms with Gasteiger partial charge in [-0.2, -0.15) is 0 Å². The van der Waals surface area contributed by atoms with E-state index in [-0.39, 0.29) is 16.1 Å². The van der Waals surface area contributed by atoms with Crippen LogP contribution in [0.1, 0.15) is 11.7 Å². The van der Waals surface area contributed by atoms with Gasteiger partial charge < -0.3 is 14.9 Å². The fourth-order valence-electron chi connectivity index (χ4n) is 2.25. The Labute approximate surface area is 150 Å². The van der Waals surface area contributed by atoms with Gasteiger partial charge in [0.1, 0.15) is 5.75 Å². The number of sulfonamides is 1. The molecule has 26 heavy (non-hydrogen) atoms. The van der Waals surface area contributed by atoms with Crippen LogP contribution in [0.3, 0.4) is 0 Å². The second kappa shape index (κ2) is 8.23. The van der Waals surface area contributed by atoms with E-state index in [2.05, 4.69) is 4.72 Å². The lowest BCUT2D eigenvalue weighted by molar-refractivity contribution is -0.384. The number of nitro benzene ring substituents is 1. The van der Waals surface area contributed by atoms with E-state index in [0.29, 0.717) is 5.75 Å². The van der Waals surface area contributed by atoms with Gasteiger partial charge in [0.15, 0.2) is 0 Å². The number of non-ortho nitro benzene ring substituents is 1. The third kappa shape index (κ3) is 4.55. The Bertz CT molecular complexity index is 851. The van der Waals surface area contributed by atoms with Crippen LogP contribution in [0.2, 0.25) is 0 Å². The lowest BCUT2D eigenvalue weighted by Crippen LogP contribution is -2.41. The maximum atomic E-state index is 12.4. The molecule has 0 heterocycles. The predicted octanol–water partition coefficient (Wildman–Crippen LogP) is 0.976. The van der Waals surface area contributed by atoms with Crippen molar-refractivity contribution in [2.75, 3.05) is 13.7 Å². The predicted molar refractivity (Wildman–Crippen MR) is 92.2 cm³/mol. The number of aliphatic hydroxyl groups is 2. The summed E-state index contributed by atoms with van der Waals surface area (Å²) in [5.74, 6) is 0.480. The van der Waals surface area contributed by atoms with Crippen LogP contribution >= 0.6 is 0 Å².